The molecule has 0 unspecified atom stereocenters. The third-order valence-electron chi connectivity index (χ3n) is 3.52. The Morgan fingerprint density at radius 3 is 2.57 bits per heavy atom. The SMILES string of the molecule is Cc1nc2cc(C(C)C)c(-c3cc(C)on3)cc2c(=O)[nH]1. The molecule has 0 aliphatic heterocycles. The fourth-order valence-electron chi connectivity index (χ4n) is 2.51. The maximum atomic E-state index is 12.1. The number of nitrogens with zero attached hydrogens (tertiary/aromatic N) is 2. The minimum Gasteiger partial charge on any atom is -0.361 e. The van der Waals surface area contributed by atoms with Crippen LogP contribution >= 0.6 is 0 Å². The van der Waals surface area contributed by atoms with Gasteiger partial charge in [-0.05, 0) is 37.5 Å². The van der Waals surface area contributed by atoms with Gasteiger partial charge in [0, 0.05) is 11.6 Å². The van der Waals surface area contributed by atoms with Crippen molar-refractivity contribution < 1.29 is 4.52 Å². The Hall–Kier alpha value is -2.43. The first-order chi connectivity index (χ1) is 9.95. The van der Waals surface area contributed by atoms with Crippen molar-refractivity contribution in [3.8, 4) is 11.3 Å². The molecule has 0 fully saturated rings. The normalized spacial score (nSPS) is 11.5. The fourth-order valence-corrected chi connectivity index (χ4v) is 2.51. The summed E-state index contributed by atoms with van der Waals surface area (Å²) in [5, 5.41) is 4.65. The second-order valence-corrected chi connectivity index (χ2v) is 5.59. The van der Waals surface area contributed by atoms with E-state index in [0.29, 0.717) is 22.6 Å². The predicted molar refractivity (Wildman–Crippen MR) is 81.4 cm³/mol. The molecule has 3 rings (SSSR count). The first kappa shape index (κ1) is 13.5. The molecule has 0 saturated carbocycles. The molecule has 1 aromatic carbocycles. The number of hydrogen-bond donors (Lipinski definition) is 1. The molecule has 0 aliphatic carbocycles. The van der Waals surface area contributed by atoms with Gasteiger partial charge in [0.1, 0.15) is 17.3 Å². The van der Waals surface area contributed by atoms with Crippen molar-refractivity contribution in [2.45, 2.75) is 33.6 Å². The van der Waals surface area contributed by atoms with Crippen LogP contribution in [0, 0.1) is 13.8 Å². The third-order valence-corrected chi connectivity index (χ3v) is 3.52. The maximum Gasteiger partial charge on any atom is 0.258 e. The zero-order valence-electron chi connectivity index (χ0n) is 12.5. The van der Waals surface area contributed by atoms with Gasteiger partial charge in [-0.2, -0.15) is 0 Å². The van der Waals surface area contributed by atoms with Gasteiger partial charge in [-0.3, -0.25) is 4.79 Å². The topological polar surface area (TPSA) is 71.8 Å². The summed E-state index contributed by atoms with van der Waals surface area (Å²) in [6, 6.07) is 5.71. The van der Waals surface area contributed by atoms with Crippen LogP contribution in [0.3, 0.4) is 0 Å². The highest BCUT2D eigenvalue weighted by Gasteiger charge is 2.15. The van der Waals surface area contributed by atoms with Crippen molar-refractivity contribution in [2.75, 3.05) is 0 Å². The molecule has 108 valence electrons. The molecule has 21 heavy (non-hydrogen) atoms. The second kappa shape index (κ2) is 4.84. The number of H-pyrrole nitrogens is 1. The average Bonchev–Trinajstić information content (AvgIpc) is 2.83. The minimum atomic E-state index is -0.130. The lowest BCUT2D eigenvalue weighted by molar-refractivity contribution is 0.399. The van der Waals surface area contributed by atoms with Crippen molar-refractivity contribution in [1.82, 2.24) is 15.1 Å². The van der Waals surface area contributed by atoms with Gasteiger partial charge in [0.15, 0.2) is 0 Å². The van der Waals surface area contributed by atoms with Crippen LogP contribution in [0.1, 0.15) is 36.9 Å². The molecule has 0 radical (unpaired) electrons. The molecule has 5 heteroatoms. The minimum absolute atomic E-state index is 0.130. The number of aromatic nitrogens is 3. The van der Waals surface area contributed by atoms with Crippen molar-refractivity contribution >= 4 is 10.9 Å². The number of fused-ring (bicyclic) bond motifs is 1. The van der Waals surface area contributed by atoms with Gasteiger partial charge in [0.05, 0.1) is 10.9 Å². The van der Waals surface area contributed by atoms with Crippen LogP contribution in [0.5, 0.6) is 0 Å². The average molecular weight is 283 g/mol. The summed E-state index contributed by atoms with van der Waals surface area (Å²) in [4.78, 5) is 19.3. The van der Waals surface area contributed by atoms with E-state index in [4.69, 9.17) is 4.52 Å². The Kier molecular flexibility index (Phi) is 3.12. The Bertz CT molecular complexity index is 875. The summed E-state index contributed by atoms with van der Waals surface area (Å²) >= 11 is 0. The lowest BCUT2D eigenvalue weighted by atomic mass is 9.93. The molecule has 2 aromatic heterocycles. The van der Waals surface area contributed by atoms with Crippen LogP contribution in [0.4, 0.5) is 0 Å². The Balaban J connectivity index is 2.37. The summed E-state index contributed by atoms with van der Waals surface area (Å²) in [5.74, 6) is 1.66. The Labute approximate surface area is 122 Å². The summed E-state index contributed by atoms with van der Waals surface area (Å²) < 4.78 is 5.16. The first-order valence-corrected chi connectivity index (χ1v) is 6.94. The van der Waals surface area contributed by atoms with Crippen LogP contribution in [-0.4, -0.2) is 15.1 Å². The van der Waals surface area contributed by atoms with Gasteiger partial charge in [0.25, 0.3) is 5.56 Å². The highest BCUT2D eigenvalue weighted by molar-refractivity contribution is 5.85. The molecule has 1 N–H and O–H groups in total. The van der Waals surface area contributed by atoms with E-state index in [-0.39, 0.29) is 5.56 Å². The van der Waals surface area contributed by atoms with Gasteiger partial charge in [-0.15, -0.1) is 0 Å². The molecule has 0 aliphatic rings. The van der Waals surface area contributed by atoms with E-state index < -0.39 is 0 Å². The van der Waals surface area contributed by atoms with E-state index in [1.165, 1.54) is 0 Å². The molecule has 5 nitrogen and oxygen atoms in total. The highest BCUT2D eigenvalue weighted by Crippen LogP contribution is 2.31. The van der Waals surface area contributed by atoms with Crippen LogP contribution < -0.4 is 5.56 Å². The van der Waals surface area contributed by atoms with Gasteiger partial charge in [-0.25, -0.2) is 4.98 Å². The quantitative estimate of drug-likeness (QED) is 0.783. The largest absolute Gasteiger partial charge is 0.361 e. The fraction of sp³-hybridized carbons (Fsp3) is 0.312. The van der Waals surface area contributed by atoms with Crippen LogP contribution in [-0.2, 0) is 0 Å². The Morgan fingerprint density at radius 1 is 1.19 bits per heavy atom. The number of hydrogen-bond acceptors (Lipinski definition) is 4. The van der Waals surface area contributed by atoms with Crippen molar-refractivity contribution in [3.63, 3.8) is 0 Å². The van der Waals surface area contributed by atoms with Crippen LogP contribution in [0.25, 0.3) is 22.2 Å². The third kappa shape index (κ3) is 2.35. The lowest BCUT2D eigenvalue weighted by Crippen LogP contribution is -2.10. The zero-order valence-corrected chi connectivity index (χ0v) is 12.5. The van der Waals surface area contributed by atoms with Crippen LogP contribution in [0.2, 0.25) is 0 Å². The van der Waals surface area contributed by atoms with Gasteiger partial charge >= 0.3 is 0 Å². The molecule has 3 aromatic rings. The van der Waals surface area contributed by atoms with E-state index in [1.54, 1.807) is 6.92 Å². The number of benzene rings is 1. The van der Waals surface area contributed by atoms with E-state index in [2.05, 4.69) is 29.0 Å². The molecular formula is C16H17N3O2. The summed E-state index contributed by atoms with van der Waals surface area (Å²) in [6.07, 6.45) is 0. The maximum absolute atomic E-state index is 12.1. The predicted octanol–water partition coefficient (Wildman–Crippen LogP) is 3.32. The van der Waals surface area contributed by atoms with Crippen molar-refractivity contribution in [2.24, 2.45) is 0 Å². The van der Waals surface area contributed by atoms with Gasteiger partial charge < -0.3 is 9.51 Å². The molecule has 0 amide bonds. The molecule has 0 spiro atoms. The zero-order chi connectivity index (χ0) is 15.1. The van der Waals surface area contributed by atoms with E-state index >= 15 is 0 Å². The summed E-state index contributed by atoms with van der Waals surface area (Å²) in [7, 11) is 0. The van der Waals surface area contributed by atoms with Crippen molar-refractivity contribution in [3.05, 3.63) is 45.7 Å². The number of aromatic amines is 1. The number of nitrogens with one attached hydrogen (secondary N) is 1. The summed E-state index contributed by atoms with van der Waals surface area (Å²) in [6.45, 7) is 7.85. The molecule has 0 bridgehead atoms. The summed E-state index contributed by atoms with van der Waals surface area (Å²) in [5.41, 5.74) is 3.36. The standard InChI is InChI=1S/C16H17N3O2/c1-8(2)11-7-14-13(16(20)18-10(4)17-14)6-12(11)15-5-9(3)21-19-15/h5-8H,1-4H3,(H,17,18,20). The van der Waals surface area contributed by atoms with E-state index in [9.17, 15) is 4.79 Å². The van der Waals surface area contributed by atoms with E-state index in [1.807, 2.05) is 25.1 Å². The Morgan fingerprint density at radius 2 is 1.95 bits per heavy atom. The molecule has 0 saturated heterocycles. The number of rotatable bonds is 2. The first-order valence-electron chi connectivity index (χ1n) is 6.94. The highest BCUT2D eigenvalue weighted by atomic mass is 16.5. The van der Waals surface area contributed by atoms with Gasteiger partial charge in [-0.1, -0.05) is 19.0 Å². The molecular weight excluding hydrogens is 266 g/mol. The van der Waals surface area contributed by atoms with Crippen LogP contribution in [0.15, 0.2) is 27.5 Å². The monoisotopic (exact) mass is 283 g/mol. The number of aryl methyl sites for hydroxylation is 2. The van der Waals surface area contributed by atoms with E-state index in [0.717, 1.165) is 22.6 Å². The molecule has 2 heterocycles. The van der Waals surface area contributed by atoms with Crippen molar-refractivity contribution in [1.29, 1.82) is 0 Å². The molecule has 0 atom stereocenters. The lowest BCUT2D eigenvalue weighted by Gasteiger charge is -2.12. The second-order valence-electron chi connectivity index (χ2n) is 5.59. The van der Waals surface area contributed by atoms with Gasteiger partial charge in [0.2, 0.25) is 0 Å². The smallest absolute Gasteiger partial charge is 0.258 e.